The molecule has 1 aromatic carbocycles. The van der Waals surface area contributed by atoms with E-state index in [0.29, 0.717) is 6.61 Å². The number of aliphatic hydroxyl groups is 1. The smallest absolute Gasteiger partial charge is 0.311 e. The monoisotopic (exact) mass is 418 g/mol. The van der Waals surface area contributed by atoms with Crippen LogP contribution < -0.4 is 4.74 Å². The lowest BCUT2D eigenvalue weighted by molar-refractivity contribution is -0.163. The molecular formula is C25H38O5. The number of carbonyl (C=O) groups excluding carboxylic acids is 1. The Bertz CT molecular complexity index is 683. The van der Waals surface area contributed by atoms with Gasteiger partial charge in [-0.15, -0.1) is 0 Å². The minimum Gasteiger partial charge on any atom is -0.497 e. The van der Waals surface area contributed by atoms with E-state index in [0.717, 1.165) is 24.2 Å². The Morgan fingerprint density at radius 2 is 1.73 bits per heavy atom. The predicted molar refractivity (Wildman–Crippen MR) is 118 cm³/mol. The van der Waals surface area contributed by atoms with E-state index in [9.17, 15) is 9.90 Å². The first-order valence-corrected chi connectivity index (χ1v) is 11.1. The number of hydrogen-bond acceptors (Lipinski definition) is 5. The van der Waals surface area contributed by atoms with Gasteiger partial charge in [0.25, 0.3) is 0 Å². The maximum atomic E-state index is 12.9. The van der Waals surface area contributed by atoms with Crippen molar-refractivity contribution < 1.29 is 24.1 Å². The summed E-state index contributed by atoms with van der Waals surface area (Å²) in [7, 11) is 1.64. The van der Waals surface area contributed by atoms with Gasteiger partial charge in [0, 0.05) is 5.92 Å². The van der Waals surface area contributed by atoms with Crippen molar-refractivity contribution in [2.24, 2.45) is 23.7 Å². The van der Waals surface area contributed by atoms with E-state index < -0.39 is 12.0 Å². The Morgan fingerprint density at radius 3 is 2.33 bits per heavy atom. The Hall–Kier alpha value is -1.85. The van der Waals surface area contributed by atoms with Gasteiger partial charge in [-0.1, -0.05) is 52.0 Å². The molecule has 0 fully saturated rings. The molecule has 0 aliphatic carbocycles. The average Bonchev–Trinajstić information content (AvgIpc) is 2.74. The number of carbonyl (C=O) groups is 1. The molecule has 0 aromatic heterocycles. The van der Waals surface area contributed by atoms with Gasteiger partial charge in [0.05, 0.1) is 31.8 Å². The molecule has 1 heterocycles. The van der Waals surface area contributed by atoms with E-state index in [2.05, 4.69) is 6.92 Å². The standard InChI is InChI=1S/C25H38O5/c1-7-23-16(2)8-13-22(26)17(3)14-18(4)24(19(5)25(27)30-23)29-15-20-9-11-21(28-6)12-10-20/h8-13,16-19,22-24,26H,7,14-15H2,1-6H3/b13-8+/t16-,17-,18+,19-,22?,23-,24+/m1/s1. The minimum atomic E-state index is -0.528. The Labute approximate surface area is 181 Å². The summed E-state index contributed by atoms with van der Waals surface area (Å²) in [5.41, 5.74) is 1.02. The number of benzene rings is 1. The summed E-state index contributed by atoms with van der Waals surface area (Å²) < 4.78 is 17.3. The van der Waals surface area contributed by atoms with Crippen LogP contribution in [0.25, 0.3) is 0 Å². The highest BCUT2D eigenvalue weighted by atomic mass is 16.5. The van der Waals surface area contributed by atoms with Crippen LogP contribution in [-0.4, -0.2) is 36.5 Å². The molecule has 0 bridgehead atoms. The number of methoxy groups -OCH3 is 1. The molecule has 0 amide bonds. The third-order valence-corrected chi connectivity index (χ3v) is 6.22. The van der Waals surface area contributed by atoms with E-state index >= 15 is 0 Å². The summed E-state index contributed by atoms with van der Waals surface area (Å²) in [6.07, 6.45) is 4.25. The molecule has 0 spiro atoms. The van der Waals surface area contributed by atoms with Gasteiger partial charge in [0.2, 0.25) is 0 Å². The van der Waals surface area contributed by atoms with Gasteiger partial charge in [-0.05, 0) is 49.3 Å². The molecule has 1 aromatic rings. The Morgan fingerprint density at radius 1 is 1.07 bits per heavy atom. The van der Waals surface area contributed by atoms with E-state index in [-0.39, 0.29) is 35.9 Å². The highest BCUT2D eigenvalue weighted by Gasteiger charge is 2.34. The van der Waals surface area contributed by atoms with Gasteiger partial charge >= 0.3 is 5.97 Å². The summed E-state index contributed by atoms with van der Waals surface area (Å²) in [5.74, 6) is 0.378. The number of rotatable bonds is 5. The lowest BCUT2D eigenvalue weighted by atomic mass is 9.84. The fourth-order valence-corrected chi connectivity index (χ4v) is 4.13. The van der Waals surface area contributed by atoms with Gasteiger partial charge in [0.15, 0.2) is 0 Å². The van der Waals surface area contributed by atoms with Crippen molar-refractivity contribution in [3.8, 4) is 5.75 Å². The first-order chi connectivity index (χ1) is 14.3. The molecule has 5 heteroatoms. The van der Waals surface area contributed by atoms with Crippen LogP contribution in [0.2, 0.25) is 0 Å². The van der Waals surface area contributed by atoms with Gasteiger partial charge in [0.1, 0.15) is 11.9 Å². The maximum absolute atomic E-state index is 12.9. The third-order valence-electron chi connectivity index (χ3n) is 6.22. The molecule has 1 aliphatic heterocycles. The zero-order valence-corrected chi connectivity index (χ0v) is 19.2. The fourth-order valence-electron chi connectivity index (χ4n) is 4.13. The highest BCUT2D eigenvalue weighted by Crippen LogP contribution is 2.29. The summed E-state index contributed by atoms with van der Waals surface area (Å²) in [6.45, 7) is 10.5. The lowest BCUT2D eigenvalue weighted by Crippen LogP contribution is -2.39. The van der Waals surface area contributed by atoms with Crippen molar-refractivity contribution >= 4 is 5.97 Å². The first kappa shape index (κ1) is 24.4. The van der Waals surface area contributed by atoms with Gasteiger partial charge in [-0.3, -0.25) is 4.79 Å². The van der Waals surface area contributed by atoms with Gasteiger partial charge < -0.3 is 19.3 Å². The highest BCUT2D eigenvalue weighted by molar-refractivity contribution is 5.73. The molecule has 1 unspecified atom stereocenters. The molecule has 0 saturated carbocycles. The second kappa shape index (κ2) is 11.5. The maximum Gasteiger partial charge on any atom is 0.311 e. The van der Waals surface area contributed by atoms with Gasteiger partial charge in [-0.25, -0.2) is 0 Å². The van der Waals surface area contributed by atoms with Crippen LogP contribution in [-0.2, 0) is 20.9 Å². The average molecular weight is 419 g/mol. The fraction of sp³-hybridized carbons (Fsp3) is 0.640. The largest absolute Gasteiger partial charge is 0.497 e. The summed E-state index contributed by atoms with van der Waals surface area (Å²) in [5, 5.41) is 10.6. The van der Waals surface area contributed by atoms with E-state index in [1.807, 2.05) is 64.1 Å². The minimum absolute atomic E-state index is 0.0449. The third kappa shape index (κ3) is 6.58. The molecule has 2 rings (SSSR count). The van der Waals surface area contributed by atoms with Crippen LogP contribution in [0.5, 0.6) is 5.75 Å². The molecule has 1 aliphatic rings. The molecule has 1 N–H and O–H groups in total. The van der Waals surface area contributed by atoms with Crippen molar-refractivity contribution in [2.75, 3.05) is 7.11 Å². The first-order valence-electron chi connectivity index (χ1n) is 11.1. The Balaban J connectivity index is 2.22. The quantitative estimate of drug-likeness (QED) is 0.551. The van der Waals surface area contributed by atoms with Crippen LogP contribution >= 0.6 is 0 Å². The van der Waals surface area contributed by atoms with Gasteiger partial charge in [-0.2, -0.15) is 0 Å². The summed E-state index contributed by atoms with van der Waals surface area (Å²) >= 11 is 0. The second-order valence-electron chi connectivity index (χ2n) is 8.72. The normalized spacial score (nSPS) is 34.4. The SMILES string of the molecule is CC[C@H]1OC(=O)[C@H](C)[C@@H](OCc2ccc(OC)cc2)[C@@H](C)C[C@@H](C)C(O)/C=C/[C@H]1C. The van der Waals surface area contributed by atoms with Crippen LogP contribution in [0.3, 0.4) is 0 Å². The second-order valence-corrected chi connectivity index (χ2v) is 8.72. The van der Waals surface area contributed by atoms with Crippen molar-refractivity contribution in [1.82, 2.24) is 0 Å². The lowest BCUT2D eigenvalue weighted by Gasteiger charge is -2.33. The topological polar surface area (TPSA) is 65.0 Å². The number of ether oxygens (including phenoxy) is 3. The molecule has 0 saturated heterocycles. The molecule has 7 atom stereocenters. The zero-order valence-electron chi connectivity index (χ0n) is 19.2. The molecule has 168 valence electrons. The van der Waals surface area contributed by atoms with Crippen molar-refractivity contribution in [3.63, 3.8) is 0 Å². The van der Waals surface area contributed by atoms with E-state index in [1.165, 1.54) is 0 Å². The Kier molecular flexibility index (Phi) is 9.37. The molecule has 5 nitrogen and oxygen atoms in total. The van der Waals surface area contributed by atoms with Crippen molar-refractivity contribution in [2.45, 2.75) is 72.4 Å². The number of aliphatic hydroxyl groups excluding tert-OH is 1. The van der Waals surface area contributed by atoms with Crippen LogP contribution in [0.4, 0.5) is 0 Å². The van der Waals surface area contributed by atoms with Crippen LogP contribution in [0.15, 0.2) is 36.4 Å². The molecule has 30 heavy (non-hydrogen) atoms. The number of cyclic esters (lactones) is 1. The van der Waals surface area contributed by atoms with E-state index in [4.69, 9.17) is 14.2 Å². The van der Waals surface area contributed by atoms with E-state index in [1.54, 1.807) is 7.11 Å². The molecular weight excluding hydrogens is 380 g/mol. The summed E-state index contributed by atoms with van der Waals surface area (Å²) in [6, 6.07) is 7.74. The summed E-state index contributed by atoms with van der Waals surface area (Å²) in [4.78, 5) is 12.9. The number of esters is 1. The van der Waals surface area contributed by atoms with Crippen molar-refractivity contribution in [3.05, 3.63) is 42.0 Å². The van der Waals surface area contributed by atoms with Crippen LogP contribution in [0, 0.1) is 23.7 Å². The van der Waals surface area contributed by atoms with Crippen molar-refractivity contribution in [1.29, 1.82) is 0 Å². The van der Waals surface area contributed by atoms with Crippen LogP contribution in [0.1, 0.15) is 53.0 Å². The zero-order chi connectivity index (χ0) is 22.3. The number of hydrogen-bond donors (Lipinski definition) is 1. The predicted octanol–water partition coefficient (Wildman–Crippen LogP) is 4.77. The molecule has 0 radical (unpaired) electrons.